The van der Waals surface area contributed by atoms with E-state index in [9.17, 15) is 29.1 Å². The Labute approximate surface area is 306 Å². The number of para-hydroxylation sites is 1. The van der Waals surface area contributed by atoms with Crippen molar-refractivity contribution in [2.24, 2.45) is 0 Å². The van der Waals surface area contributed by atoms with E-state index in [-0.39, 0.29) is 26.6 Å². The van der Waals surface area contributed by atoms with Gasteiger partial charge in [-0.25, -0.2) is 9.59 Å². The SMILES string of the molecule is COC(=O)c1c(NC(=O)C(Sc2cccc(NC(=O)c3cccc4cccc(C(=O)O)c34)c2)c2ccccc2)sc(C(=O)Nc2ccccc2)c1C. The van der Waals surface area contributed by atoms with E-state index in [1.165, 1.54) is 24.9 Å². The number of methoxy groups -OCH3 is 1. The lowest BCUT2D eigenvalue weighted by molar-refractivity contribution is -0.115. The summed E-state index contributed by atoms with van der Waals surface area (Å²) >= 11 is 2.20. The van der Waals surface area contributed by atoms with Crippen molar-refractivity contribution in [3.63, 3.8) is 0 Å². The third-order valence-corrected chi connectivity index (χ3v) is 10.5. The molecule has 6 rings (SSSR count). The molecule has 1 atom stereocenters. The van der Waals surface area contributed by atoms with Gasteiger partial charge in [0.1, 0.15) is 10.3 Å². The normalized spacial score (nSPS) is 11.3. The summed E-state index contributed by atoms with van der Waals surface area (Å²) in [5.74, 6) is -3.22. The number of carbonyl (C=O) groups is 5. The molecule has 1 aromatic heterocycles. The Kier molecular flexibility index (Phi) is 10.8. The smallest absolute Gasteiger partial charge is 0.341 e. The average molecular weight is 730 g/mol. The number of fused-ring (bicyclic) bond motifs is 1. The minimum absolute atomic E-state index is 0.0181. The van der Waals surface area contributed by atoms with Crippen molar-refractivity contribution in [3.8, 4) is 0 Å². The van der Waals surface area contributed by atoms with Gasteiger partial charge < -0.3 is 25.8 Å². The number of thioether (sulfide) groups is 1. The third kappa shape index (κ3) is 7.73. The number of carboxylic acids is 1. The monoisotopic (exact) mass is 729 g/mol. The van der Waals surface area contributed by atoms with Gasteiger partial charge in [-0.05, 0) is 65.9 Å². The number of rotatable bonds is 11. The zero-order valence-electron chi connectivity index (χ0n) is 27.8. The molecule has 4 N–H and O–H groups in total. The summed E-state index contributed by atoms with van der Waals surface area (Å²) in [6.45, 7) is 1.63. The van der Waals surface area contributed by atoms with Gasteiger partial charge in [-0.1, -0.05) is 78.9 Å². The van der Waals surface area contributed by atoms with Crippen LogP contribution in [-0.2, 0) is 9.53 Å². The van der Waals surface area contributed by atoms with Crippen molar-refractivity contribution in [2.75, 3.05) is 23.1 Å². The summed E-state index contributed by atoms with van der Waals surface area (Å²) < 4.78 is 5.03. The molecule has 0 spiro atoms. The maximum absolute atomic E-state index is 14.1. The van der Waals surface area contributed by atoms with E-state index in [4.69, 9.17) is 4.74 Å². The molecule has 0 saturated carbocycles. The first-order valence-electron chi connectivity index (χ1n) is 15.9. The summed E-state index contributed by atoms with van der Waals surface area (Å²) in [6.07, 6.45) is 0. The number of hydrogen-bond acceptors (Lipinski definition) is 8. The van der Waals surface area contributed by atoms with Crippen LogP contribution in [0.25, 0.3) is 10.8 Å². The largest absolute Gasteiger partial charge is 0.478 e. The summed E-state index contributed by atoms with van der Waals surface area (Å²) in [6, 6.07) is 34.7. The van der Waals surface area contributed by atoms with Crippen LogP contribution in [0.5, 0.6) is 0 Å². The number of esters is 1. The van der Waals surface area contributed by atoms with E-state index < -0.39 is 34.9 Å². The molecule has 0 aliphatic heterocycles. The van der Waals surface area contributed by atoms with E-state index in [2.05, 4.69) is 16.0 Å². The minimum atomic E-state index is -1.14. The van der Waals surface area contributed by atoms with Gasteiger partial charge in [-0.3, -0.25) is 14.4 Å². The zero-order valence-corrected chi connectivity index (χ0v) is 29.5. The number of aromatic carboxylic acids is 1. The average Bonchev–Trinajstić information content (AvgIpc) is 3.48. The summed E-state index contributed by atoms with van der Waals surface area (Å²) in [5.41, 5.74) is 2.36. The first-order valence-corrected chi connectivity index (χ1v) is 17.6. The quantitative estimate of drug-likeness (QED) is 0.0764. The summed E-state index contributed by atoms with van der Waals surface area (Å²) in [5, 5.41) is 18.6. The molecule has 10 nitrogen and oxygen atoms in total. The lowest BCUT2D eigenvalue weighted by Gasteiger charge is -2.18. The molecule has 0 fully saturated rings. The number of thiophene rings is 1. The maximum Gasteiger partial charge on any atom is 0.341 e. The van der Waals surface area contributed by atoms with Crippen molar-refractivity contribution < 1.29 is 33.8 Å². The molecule has 0 aliphatic rings. The van der Waals surface area contributed by atoms with E-state index in [1.54, 1.807) is 85.8 Å². The van der Waals surface area contributed by atoms with Crippen LogP contribution in [0.3, 0.4) is 0 Å². The van der Waals surface area contributed by atoms with Crippen LogP contribution >= 0.6 is 23.1 Å². The van der Waals surface area contributed by atoms with Crippen LogP contribution in [-0.4, -0.2) is 41.9 Å². The standard InChI is InChI=1S/C40H31N3O7S2/c1-23-31(40(49)50-2)38(52-33(23)36(45)41-26-16-7-4-8-17-26)43-37(46)34(25-12-5-3-6-13-25)51-28-19-11-18-27(22-28)42-35(44)29-20-9-14-24-15-10-21-30(32(24)29)39(47)48/h3-22,34H,1-2H3,(H,41,45)(H,42,44)(H,43,46)(H,47,48). The van der Waals surface area contributed by atoms with Gasteiger partial charge >= 0.3 is 11.9 Å². The second-order valence-corrected chi connectivity index (χ2v) is 13.7. The molecule has 12 heteroatoms. The molecule has 1 heterocycles. The Bertz CT molecular complexity index is 2320. The number of ether oxygens (including phenoxy) is 1. The molecule has 1 unspecified atom stereocenters. The molecule has 0 radical (unpaired) electrons. The fraction of sp³-hybridized carbons (Fsp3) is 0.0750. The van der Waals surface area contributed by atoms with Crippen molar-refractivity contribution in [2.45, 2.75) is 17.1 Å². The topological polar surface area (TPSA) is 151 Å². The first kappa shape index (κ1) is 35.6. The van der Waals surface area contributed by atoms with E-state index in [0.29, 0.717) is 38.2 Å². The second-order valence-electron chi connectivity index (χ2n) is 11.5. The van der Waals surface area contributed by atoms with Gasteiger partial charge in [-0.2, -0.15) is 0 Å². The van der Waals surface area contributed by atoms with Gasteiger partial charge in [0.25, 0.3) is 11.8 Å². The maximum atomic E-state index is 14.1. The predicted molar refractivity (Wildman–Crippen MR) is 204 cm³/mol. The Hall–Kier alpha value is -6.24. The van der Waals surface area contributed by atoms with Crippen LogP contribution in [0.4, 0.5) is 16.4 Å². The zero-order chi connectivity index (χ0) is 36.8. The van der Waals surface area contributed by atoms with Crippen LogP contribution in [0.2, 0.25) is 0 Å². The highest BCUT2D eigenvalue weighted by Crippen LogP contribution is 2.40. The van der Waals surface area contributed by atoms with Crippen LogP contribution in [0.15, 0.2) is 126 Å². The van der Waals surface area contributed by atoms with Gasteiger partial charge in [0.2, 0.25) is 5.91 Å². The Morgan fingerprint density at radius 3 is 2.00 bits per heavy atom. The molecule has 0 aliphatic carbocycles. The number of hydrogen-bond donors (Lipinski definition) is 4. The lowest BCUT2D eigenvalue weighted by atomic mass is 9.98. The highest BCUT2D eigenvalue weighted by atomic mass is 32.2. The molecule has 0 saturated heterocycles. The lowest BCUT2D eigenvalue weighted by Crippen LogP contribution is -2.20. The predicted octanol–water partition coefficient (Wildman–Crippen LogP) is 8.67. The number of carbonyl (C=O) groups excluding carboxylic acids is 4. The fourth-order valence-corrected chi connectivity index (χ4v) is 7.82. The molecule has 260 valence electrons. The van der Waals surface area contributed by atoms with Crippen molar-refractivity contribution >= 4 is 79.9 Å². The number of carboxylic acid groups (broad SMARTS) is 1. The molecule has 52 heavy (non-hydrogen) atoms. The van der Waals surface area contributed by atoms with E-state index in [1.807, 2.05) is 36.4 Å². The third-order valence-electron chi connectivity index (χ3n) is 8.08. The highest BCUT2D eigenvalue weighted by molar-refractivity contribution is 8.00. The minimum Gasteiger partial charge on any atom is -0.478 e. The van der Waals surface area contributed by atoms with Crippen LogP contribution in [0.1, 0.15) is 57.1 Å². The van der Waals surface area contributed by atoms with E-state index >= 15 is 0 Å². The molecule has 5 aromatic carbocycles. The second kappa shape index (κ2) is 15.8. The van der Waals surface area contributed by atoms with Crippen molar-refractivity contribution in [1.29, 1.82) is 0 Å². The molecular formula is C40H31N3O7S2. The van der Waals surface area contributed by atoms with Gasteiger partial charge in [0.15, 0.2) is 0 Å². The van der Waals surface area contributed by atoms with Gasteiger partial charge in [-0.15, -0.1) is 23.1 Å². The Morgan fingerprint density at radius 2 is 1.33 bits per heavy atom. The van der Waals surface area contributed by atoms with Crippen molar-refractivity contribution in [1.82, 2.24) is 0 Å². The number of nitrogens with one attached hydrogen (secondary N) is 3. The first-order chi connectivity index (χ1) is 25.1. The molecule has 0 bridgehead atoms. The van der Waals surface area contributed by atoms with Crippen LogP contribution < -0.4 is 16.0 Å². The molecule has 6 aromatic rings. The molecular weight excluding hydrogens is 699 g/mol. The number of amides is 3. The van der Waals surface area contributed by atoms with Gasteiger partial charge in [0.05, 0.1) is 23.1 Å². The summed E-state index contributed by atoms with van der Waals surface area (Å²) in [4.78, 5) is 66.7. The number of benzene rings is 5. The van der Waals surface area contributed by atoms with E-state index in [0.717, 1.165) is 11.3 Å². The van der Waals surface area contributed by atoms with Gasteiger partial charge in [0, 0.05) is 27.2 Å². The number of anilines is 3. The highest BCUT2D eigenvalue weighted by Gasteiger charge is 2.30. The van der Waals surface area contributed by atoms with Crippen molar-refractivity contribution in [3.05, 3.63) is 154 Å². The Balaban J connectivity index is 1.27. The molecule has 3 amide bonds. The Morgan fingerprint density at radius 1 is 0.712 bits per heavy atom. The fourth-order valence-electron chi connectivity index (χ4n) is 5.64. The van der Waals surface area contributed by atoms with Crippen LogP contribution in [0, 0.1) is 6.92 Å². The summed E-state index contributed by atoms with van der Waals surface area (Å²) in [7, 11) is 1.23.